The molecule has 0 radical (unpaired) electrons. The summed E-state index contributed by atoms with van der Waals surface area (Å²) in [5.74, 6) is -0.334. The van der Waals surface area contributed by atoms with E-state index in [1.54, 1.807) is 6.08 Å². The van der Waals surface area contributed by atoms with Crippen molar-refractivity contribution in [1.29, 1.82) is 0 Å². The molecule has 0 heterocycles. The van der Waals surface area contributed by atoms with Crippen LogP contribution in [0.5, 0.6) is 0 Å². The zero-order chi connectivity index (χ0) is 11.1. The van der Waals surface area contributed by atoms with Gasteiger partial charge in [-0.25, -0.2) is 4.79 Å². The Balaban J connectivity index is 2.64. The summed E-state index contributed by atoms with van der Waals surface area (Å²) in [5.41, 5.74) is 2.28. The van der Waals surface area contributed by atoms with E-state index < -0.39 is 0 Å². The third-order valence-electron chi connectivity index (χ3n) is 1.98. The number of alkyl halides is 1. The predicted molar refractivity (Wildman–Crippen MR) is 65.0 cm³/mol. The topological polar surface area (TPSA) is 26.3 Å². The minimum absolute atomic E-state index is 0.334. The first-order valence-electron chi connectivity index (χ1n) is 4.67. The molecule has 0 aliphatic heterocycles. The van der Waals surface area contributed by atoms with Crippen LogP contribution in [0.3, 0.4) is 0 Å². The van der Waals surface area contributed by atoms with Crippen LogP contribution < -0.4 is 0 Å². The van der Waals surface area contributed by atoms with Crippen molar-refractivity contribution in [3.8, 4) is 0 Å². The number of carbonyl (C=O) groups is 1. The molecule has 0 bridgehead atoms. The van der Waals surface area contributed by atoms with Gasteiger partial charge in [-0.05, 0) is 23.6 Å². The fraction of sp³-hybridized carbons (Fsp3) is 0.250. The van der Waals surface area contributed by atoms with Crippen LogP contribution in [0.15, 0.2) is 30.3 Å². The number of rotatable bonds is 4. The van der Waals surface area contributed by atoms with E-state index in [2.05, 4.69) is 32.8 Å². The molecule has 2 nitrogen and oxygen atoms in total. The zero-order valence-corrected chi connectivity index (χ0v) is 10.2. The molecule has 15 heavy (non-hydrogen) atoms. The van der Waals surface area contributed by atoms with E-state index >= 15 is 0 Å². The first-order valence-corrected chi connectivity index (χ1v) is 5.79. The number of esters is 1. The standard InChI is InChI=1S/C12H13BrO2/c1-15-12(14)7-6-10-2-4-11(5-3-10)8-9-13/h2-7H,8-9H2,1H3/b7-6+. The fourth-order valence-electron chi connectivity index (χ4n) is 1.14. The Morgan fingerprint density at radius 2 is 2.07 bits per heavy atom. The third-order valence-corrected chi connectivity index (χ3v) is 2.37. The highest BCUT2D eigenvalue weighted by molar-refractivity contribution is 9.09. The lowest BCUT2D eigenvalue weighted by atomic mass is 10.1. The van der Waals surface area contributed by atoms with Gasteiger partial charge in [0.1, 0.15) is 0 Å². The summed E-state index contributed by atoms with van der Waals surface area (Å²) in [6.45, 7) is 0. The second kappa shape index (κ2) is 6.40. The van der Waals surface area contributed by atoms with E-state index in [-0.39, 0.29) is 5.97 Å². The van der Waals surface area contributed by atoms with Gasteiger partial charge in [-0.1, -0.05) is 40.2 Å². The third kappa shape index (κ3) is 4.30. The molecule has 0 N–H and O–H groups in total. The average molecular weight is 269 g/mol. The quantitative estimate of drug-likeness (QED) is 0.477. The molecule has 0 atom stereocenters. The largest absolute Gasteiger partial charge is 0.466 e. The van der Waals surface area contributed by atoms with Crippen molar-refractivity contribution in [1.82, 2.24) is 0 Å². The number of ether oxygens (including phenoxy) is 1. The molecule has 0 aliphatic carbocycles. The molecule has 0 spiro atoms. The predicted octanol–water partition coefficient (Wildman–Crippen LogP) is 2.81. The summed E-state index contributed by atoms with van der Waals surface area (Å²) in [7, 11) is 1.37. The van der Waals surface area contributed by atoms with Crippen LogP contribution in [0.2, 0.25) is 0 Å². The van der Waals surface area contributed by atoms with Crippen molar-refractivity contribution in [2.24, 2.45) is 0 Å². The van der Waals surface area contributed by atoms with Gasteiger partial charge in [0.2, 0.25) is 0 Å². The van der Waals surface area contributed by atoms with E-state index in [4.69, 9.17) is 0 Å². The van der Waals surface area contributed by atoms with Gasteiger partial charge in [0.05, 0.1) is 7.11 Å². The smallest absolute Gasteiger partial charge is 0.330 e. The van der Waals surface area contributed by atoms with Crippen molar-refractivity contribution in [3.63, 3.8) is 0 Å². The van der Waals surface area contributed by atoms with Crippen LogP contribution in [0, 0.1) is 0 Å². The van der Waals surface area contributed by atoms with Gasteiger partial charge < -0.3 is 4.74 Å². The maximum absolute atomic E-state index is 10.8. The molecule has 80 valence electrons. The SMILES string of the molecule is COC(=O)/C=C/c1ccc(CCBr)cc1. The summed E-state index contributed by atoms with van der Waals surface area (Å²) in [5, 5.41) is 0.963. The number of benzene rings is 1. The van der Waals surface area contributed by atoms with Crippen LogP contribution in [0.1, 0.15) is 11.1 Å². The first kappa shape index (κ1) is 12.0. The molecule has 0 amide bonds. The lowest BCUT2D eigenvalue weighted by Gasteiger charge is -1.98. The van der Waals surface area contributed by atoms with Crippen molar-refractivity contribution in [2.75, 3.05) is 12.4 Å². The van der Waals surface area contributed by atoms with Crippen molar-refractivity contribution in [3.05, 3.63) is 41.5 Å². The molecule has 0 saturated carbocycles. The minimum atomic E-state index is -0.334. The van der Waals surface area contributed by atoms with E-state index in [1.807, 2.05) is 12.1 Å². The highest BCUT2D eigenvalue weighted by Crippen LogP contribution is 2.07. The molecule has 0 aliphatic rings. The lowest BCUT2D eigenvalue weighted by Crippen LogP contribution is -1.93. The van der Waals surface area contributed by atoms with Crippen molar-refractivity contribution >= 4 is 28.0 Å². The maximum Gasteiger partial charge on any atom is 0.330 e. The van der Waals surface area contributed by atoms with Crippen molar-refractivity contribution in [2.45, 2.75) is 6.42 Å². The second-order valence-electron chi connectivity index (χ2n) is 3.04. The molecule has 1 aromatic carbocycles. The van der Waals surface area contributed by atoms with Crippen LogP contribution in [0.25, 0.3) is 6.08 Å². The second-order valence-corrected chi connectivity index (χ2v) is 3.83. The van der Waals surface area contributed by atoms with Gasteiger partial charge in [-0.2, -0.15) is 0 Å². The van der Waals surface area contributed by atoms with Crippen LogP contribution >= 0.6 is 15.9 Å². The van der Waals surface area contributed by atoms with Crippen LogP contribution in [0.4, 0.5) is 0 Å². The molecular formula is C12H13BrO2. The van der Waals surface area contributed by atoms with Crippen LogP contribution in [-0.2, 0) is 16.0 Å². The number of hydrogen-bond donors (Lipinski definition) is 0. The number of hydrogen-bond acceptors (Lipinski definition) is 2. The number of methoxy groups -OCH3 is 1. The van der Waals surface area contributed by atoms with Gasteiger partial charge in [0.15, 0.2) is 0 Å². The highest BCUT2D eigenvalue weighted by atomic mass is 79.9. The Hall–Kier alpha value is -1.09. The van der Waals surface area contributed by atoms with E-state index in [0.29, 0.717) is 0 Å². The summed E-state index contributed by atoms with van der Waals surface area (Å²) >= 11 is 3.39. The zero-order valence-electron chi connectivity index (χ0n) is 8.57. The summed E-state index contributed by atoms with van der Waals surface area (Å²) in [6, 6.07) is 8.07. The van der Waals surface area contributed by atoms with Gasteiger partial charge >= 0.3 is 5.97 Å². The Morgan fingerprint density at radius 1 is 1.40 bits per heavy atom. The molecule has 0 fully saturated rings. The molecule has 0 aromatic heterocycles. The molecule has 1 aromatic rings. The normalized spacial score (nSPS) is 10.5. The fourth-order valence-corrected chi connectivity index (χ4v) is 1.59. The minimum Gasteiger partial charge on any atom is -0.466 e. The number of aryl methyl sites for hydroxylation is 1. The maximum atomic E-state index is 10.8. The molecular weight excluding hydrogens is 256 g/mol. The summed E-state index contributed by atoms with van der Waals surface area (Å²) in [6.07, 6.45) is 4.17. The van der Waals surface area contributed by atoms with Crippen LogP contribution in [-0.4, -0.2) is 18.4 Å². The Bertz CT molecular complexity index is 341. The Kier molecular flexibility index (Phi) is 5.12. The number of carbonyl (C=O) groups excluding carboxylic acids is 1. The van der Waals surface area contributed by atoms with E-state index in [1.165, 1.54) is 18.7 Å². The molecule has 0 saturated heterocycles. The summed E-state index contributed by atoms with van der Waals surface area (Å²) in [4.78, 5) is 10.8. The van der Waals surface area contributed by atoms with Gasteiger partial charge in [0.25, 0.3) is 0 Å². The number of halogens is 1. The average Bonchev–Trinajstić information content (AvgIpc) is 2.28. The molecule has 1 rings (SSSR count). The lowest BCUT2D eigenvalue weighted by molar-refractivity contribution is -0.134. The van der Waals surface area contributed by atoms with Gasteiger partial charge in [-0.3, -0.25) is 0 Å². The molecule has 3 heteroatoms. The first-order chi connectivity index (χ1) is 7.26. The Morgan fingerprint density at radius 3 is 2.60 bits per heavy atom. The van der Waals surface area contributed by atoms with E-state index in [9.17, 15) is 4.79 Å². The van der Waals surface area contributed by atoms with Crippen molar-refractivity contribution < 1.29 is 9.53 Å². The van der Waals surface area contributed by atoms with E-state index in [0.717, 1.165) is 17.3 Å². The van der Waals surface area contributed by atoms with Gasteiger partial charge in [-0.15, -0.1) is 0 Å². The summed E-state index contributed by atoms with van der Waals surface area (Å²) < 4.78 is 4.50. The van der Waals surface area contributed by atoms with Gasteiger partial charge in [0, 0.05) is 11.4 Å². The highest BCUT2D eigenvalue weighted by Gasteiger charge is 1.93. The monoisotopic (exact) mass is 268 g/mol. The molecule has 0 unspecified atom stereocenters. The Labute approximate surface area is 98.1 Å².